The van der Waals surface area contributed by atoms with E-state index in [1.54, 1.807) is 23.5 Å². The molecule has 8 N–H and O–H groups in total. The summed E-state index contributed by atoms with van der Waals surface area (Å²) in [5.41, 5.74) is 14.4. The molecular weight excluding hydrogens is 723 g/mol. The fourth-order valence-corrected chi connectivity index (χ4v) is 7.04. The van der Waals surface area contributed by atoms with Crippen molar-refractivity contribution in [3.63, 3.8) is 0 Å². The van der Waals surface area contributed by atoms with Gasteiger partial charge in [-0.25, -0.2) is 0 Å². The summed E-state index contributed by atoms with van der Waals surface area (Å²) in [7, 11) is 0. The Morgan fingerprint density at radius 2 is 1.37 bits per heavy atom. The van der Waals surface area contributed by atoms with Crippen LogP contribution in [0.3, 0.4) is 0 Å². The predicted molar refractivity (Wildman–Crippen MR) is 221 cm³/mol. The van der Waals surface area contributed by atoms with E-state index in [2.05, 4.69) is 46.7 Å². The normalized spacial score (nSPS) is 13.4. The molecule has 0 aliphatic rings. The summed E-state index contributed by atoms with van der Waals surface area (Å²) in [6.07, 6.45) is 3.50. The molecule has 2 heterocycles. The third-order valence-electron chi connectivity index (χ3n) is 8.24. The van der Waals surface area contributed by atoms with E-state index in [1.807, 2.05) is 76.4 Å². The lowest BCUT2D eigenvalue weighted by atomic mass is 9.96. The molecule has 0 fully saturated rings. The standard InChI is InChI=1S/C36H51N7O5S2.C4H10/c1-5-23(4)33(34(38)46)43-36(48)29(17-22(2)3)42-35(47)30(18-24-19-39-28-12-7-6-11-27(24)28)41-32(45)14-16-50-21-26-10-8-9-25(40-26)20-49-15-13-31(37)44;1-4(2)3/h6-12,19,22-23,29-30,33,39H,5,13-18,20-21H2,1-4H3,(H2,37,44)(H2,38,46)(H,41,45)(H,42,47)(H,43,48);4H,1-3H3/t23-,29-,30-,33-;/m0./s1. The summed E-state index contributed by atoms with van der Waals surface area (Å²) in [5, 5.41) is 9.46. The number of rotatable bonds is 22. The van der Waals surface area contributed by atoms with E-state index in [0.717, 1.165) is 33.8 Å². The molecule has 0 bridgehead atoms. The van der Waals surface area contributed by atoms with Crippen LogP contribution in [-0.2, 0) is 41.9 Å². The molecule has 0 spiro atoms. The van der Waals surface area contributed by atoms with Gasteiger partial charge in [-0.1, -0.05) is 79.2 Å². The second kappa shape index (κ2) is 24.4. The number of nitrogens with zero attached hydrogens (tertiary/aromatic N) is 1. The Balaban J connectivity index is 0.00000239. The number of nitrogens with one attached hydrogen (secondary N) is 4. The first-order valence-electron chi connectivity index (χ1n) is 18.7. The van der Waals surface area contributed by atoms with Crippen molar-refractivity contribution in [1.82, 2.24) is 25.9 Å². The highest BCUT2D eigenvalue weighted by Gasteiger charge is 2.31. The molecule has 0 saturated heterocycles. The molecule has 2 aromatic heterocycles. The first-order valence-corrected chi connectivity index (χ1v) is 21.0. The molecule has 5 amide bonds. The summed E-state index contributed by atoms with van der Waals surface area (Å²) in [6, 6.07) is 10.8. The van der Waals surface area contributed by atoms with Gasteiger partial charge in [0.15, 0.2) is 0 Å². The Morgan fingerprint density at radius 1 is 0.778 bits per heavy atom. The SMILES string of the molecule is CC(C)C.CC[C@H](C)[C@H](NC(=O)[C@H](CC(C)C)NC(=O)[C@H](Cc1c[nH]c2ccccc12)NC(=O)CCSCc1cccc(CSCCC(N)=O)n1)C(N)=O. The van der Waals surface area contributed by atoms with Crippen LogP contribution < -0.4 is 27.4 Å². The largest absolute Gasteiger partial charge is 0.370 e. The van der Waals surface area contributed by atoms with Crippen molar-refractivity contribution in [1.29, 1.82) is 0 Å². The molecule has 1 aromatic carbocycles. The number of aromatic nitrogens is 2. The minimum atomic E-state index is -0.957. The van der Waals surface area contributed by atoms with Gasteiger partial charge in [0.2, 0.25) is 29.5 Å². The molecule has 3 aromatic rings. The molecule has 298 valence electrons. The monoisotopic (exact) mass is 783 g/mol. The number of hydrogen-bond acceptors (Lipinski definition) is 8. The average Bonchev–Trinajstić information content (AvgIpc) is 3.52. The zero-order valence-electron chi connectivity index (χ0n) is 32.9. The van der Waals surface area contributed by atoms with E-state index >= 15 is 0 Å². The number of benzene rings is 1. The summed E-state index contributed by atoms with van der Waals surface area (Å²) in [6.45, 7) is 14.1. The van der Waals surface area contributed by atoms with E-state index in [0.29, 0.717) is 42.3 Å². The molecule has 0 unspecified atom stereocenters. The van der Waals surface area contributed by atoms with Gasteiger partial charge in [0, 0.05) is 59.4 Å². The Kier molecular flexibility index (Phi) is 20.8. The molecule has 0 radical (unpaired) electrons. The van der Waals surface area contributed by atoms with Crippen LogP contribution in [0.15, 0.2) is 48.7 Å². The fourth-order valence-electron chi connectivity index (χ4n) is 5.34. The van der Waals surface area contributed by atoms with Crippen LogP contribution in [0.25, 0.3) is 10.9 Å². The number of H-pyrrole nitrogens is 1. The maximum absolute atomic E-state index is 13.9. The van der Waals surface area contributed by atoms with Crippen molar-refractivity contribution >= 4 is 64.0 Å². The van der Waals surface area contributed by atoms with Crippen LogP contribution in [-0.4, -0.2) is 69.1 Å². The molecule has 12 nitrogen and oxygen atoms in total. The van der Waals surface area contributed by atoms with Crippen molar-refractivity contribution in [3.05, 3.63) is 65.6 Å². The smallest absolute Gasteiger partial charge is 0.243 e. The number of hydrogen-bond donors (Lipinski definition) is 6. The van der Waals surface area contributed by atoms with Crippen molar-refractivity contribution in [2.24, 2.45) is 29.2 Å². The van der Waals surface area contributed by atoms with Crippen LogP contribution >= 0.6 is 23.5 Å². The molecule has 3 rings (SSSR count). The van der Waals surface area contributed by atoms with Gasteiger partial charge in [-0.15, -0.1) is 0 Å². The van der Waals surface area contributed by atoms with Gasteiger partial charge >= 0.3 is 0 Å². The van der Waals surface area contributed by atoms with E-state index in [1.165, 1.54) is 0 Å². The third-order valence-corrected chi connectivity index (χ3v) is 10.2. The zero-order valence-corrected chi connectivity index (χ0v) is 34.5. The Hall–Kier alpha value is -4.04. The number of thioether (sulfide) groups is 2. The van der Waals surface area contributed by atoms with Gasteiger partial charge in [-0.2, -0.15) is 23.5 Å². The lowest BCUT2D eigenvalue weighted by molar-refractivity contribution is -0.134. The average molecular weight is 784 g/mol. The number of pyridine rings is 1. The highest BCUT2D eigenvalue weighted by molar-refractivity contribution is 7.98. The maximum atomic E-state index is 13.9. The van der Waals surface area contributed by atoms with E-state index < -0.39 is 35.8 Å². The quantitative estimate of drug-likeness (QED) is 0.0744. The van der Waals surface area contributed by atoms with E-state index in [4.69, 9.17) is 11.5 Å². The van der Waals surface area contributed by atoms with E-state index in [-0.39, 0.29) is 36.5 Å². The van der Waals surface area contributed by atoms with Crippen LogP contribution in [0.2, 0.25) is 0 Å². The molecule has 14 heteroatoms. The molecule has 54 heavy (non-hydrogen) atoms. The van der Waals surface area contributed by atoms with Crippen molar-refractivity contribution in [2.45, 2.75) is 110 Å². The number of carbonyl (C=O) groups excluding carboxylic acids is 5. The second-order valence-electron chi connectivity index (χ2n) is 14.6. The highest BCUT2D eigenvalue weighted by atomic mass is 32.2. The van der Waals surface area contributed by atoms with Gasteiger partial charge in [0.25, 0.3) is 0 Å². The van der Waals surface area contributed by atoms with Gasteiger partial charge in [0.1, 0.15) is 18.1 Å². The van der Waals surface area contributed by atoms with Crippen LogP contribution in [0, 0.1) is 17.8 Å². The molecule has 4 atom stereocenters. The predicted octanol–water partition coefficient (Wildman–Crippen LogP) is 5.23. The lowest BCUT2D eigenvalue weighted by Gasteiger charge is -2.27. The van der Waals surface area contributed by atoms with Gasteiger partial charge in [-0.3, -0.25) is 29.0 Å². The van der Waals surface area contributed by atoms with Crippen molar-refractivity contribution < 1.29 is 24.0 Å². The minimum absolute atomic E-state index is 0.0520. The van der Waals surface area contributed by atoms with Gasteiger partial charge in [0.05, 0.1) is 11.4 Å². The molecule has 0 saturated carbocycles. The van der Waals surface area contributed by atoms with Gasteiger partial charge in [-0.05, 0) is 47.9 Å². The van der Waals surface area contributed by atoms with Crippen molar-refractivity contribution in [3.8, 4) is 0 Å². The topological polar surface area (TPSA) is 202 Å². The summed E-state index contributed by atoms with van der Waals surface area (Å²) in [5.74, 6) is 0.910. The number of amides is 5. The number of carbonyl (C=O) groups is 5. The van der Waals surface area contributed by atoms with Crippen molar-refractivity contribution in [2.75, 3.05) is 11.5 Å². The van der Waals surface area contributed by atoms with Crippen LogP contribution in [0.5, 0.6) is 0 Å². The molecule has 0 aliphatic heterocycles. The third kappa shape index (κ3) is 17.4. The molecular formula is C40H61N7O5S2. The number of aromatic amines is 1. The minimum Gasteiger partial charge on any atom is -0.370 e. The second-order valence-corrected chi connectivity index (χ2v) is 16.8. The number of nitrogens with two attached hydrogens (primary N) is 2. The number of para-hydroxylation sites is 1. The fraction of sp³-hybridized carbons (Fsp3) is 0.550. The highest BCUT2D eigenvalue weighted by Crippen LogP contribution is 2.20. The maximum Gasteiger partial charge on any atom is 0.243 e. The van der Waals surface area contributed by atoms with E-state index in [9.17, 15) is 24.0 Å². The lowest BCUT2D eigenvalue weighted by Crippen LogP contribution is -2.58. The summed E-state index contributed by atoms with van der Waals surface area (Å²) in [4.78, 5) is 71.5. The van der Waals surface area contributed by atoms with Gasteiger partial charge < -0.3 is 32.4 Å². The number of primary amides is 2. The Bertz CT molecular complexity index is 1640. The zero-order chi connectivity index (χ0) is 40.2. The number of fused-ring (bicyclic) bond motifs is 1. The Morgan fingerprint density at radius 3 is 1.94 bits per heavy atom. The Labute approximate surface area is 329 Å². The summed E-state index contributed by atoms with van der Waals surface area (Å²) >= 11 is 3.16. The molecule has 0 aliphatic carbocycles. The first kappa shape index (κ1) is 46.1. The summed E-state index contributed by atoms with van der Waals surface area (Å²) < 4.78 is 0. The van der Waals surface area contributed by atoms with Crippen LogP contribution in [0.4, 0.5) is 0 Å². The van der Waals surface area contributed by atoms with Crippen LogP contribution in [0.1, 0.15) is 91.1 Å². The first-order chi connectivity index (χ1) is 25.6.